The number of nitrogens with one attached hydrogen (secondary N) is 1. The minimum absolute atomic E-state index is 0.433. The van der Waals surface area contributed by atoms with Crippen LogP contribution in [-0.4, -0.2) is 11.2 Å². The quantitative estimate of drug-likeness (QED) is 0.903. The van der Waals surface area contributed by atoms with Crippen LogP contribution >= 0.6 is 11.6 Å². The maximum absolute atomic E-state index is 5.86. The molecule has 0 aliphatic carbocycles. The molecular weight excluding hydrogens is 236 g/mol. The number of hydrogen-bond acceptors (Lipinski definition) is 3. The van der Waals surface area contributed by atoms with E-state index < -0.39 is 0 Å². The van der Waals surface area contributed by atoms with Crippen molar-refractivity contribution in [3.8, 4) is 11.3 Å². The van der Waals surface area contributed by atoms with Gasteiger partial charge in [-0.15, -0.1) is 0 Å². The molecule has 0 saturated heterocycles. The second kappa shape index (κ2) is 5.34. The average Bonchev–Trinajstić information content (AvgIpc) is 2.75. The molecule has 0 amide bonds. The van der Waals surface area contributed by atoms with Gasteiger partial charge in [0.2, 0.25) is 0 Å². The van der Waals surface area contributed by atoms with E-state index in [0.29, 0.717) is 6.04 Å². The van der Waals surface area contributed by atoms with E-state index in [1.165, 1.54) is 0 Å². The molecule has 1 aromatic heterocycles. The molecule has 1 heterocycles. The van der Waals surface area contributed by atoms with Crippen LogP contribution in [0.2, 0.25) is 5.02 Å². The predicted molar refractivity (Wildman–Crippen MR) is 68.9 cm³/mol. The average molecular weight is 251 g/mol. The smallest absolute Gasteiger partial charge is 0.171 e. The van der Waals surface area contributed by atoms with Crippen molar-refractivity contribution in [3.05, 3.63) is 41.0 Å². The fourth-order valence-corrected chi connectivity index (χ4v) is 1.67. The summed E-state index contributed by atoms with van der Waals surface area (Å²) in [6.07, 6.45) is 1.75. The number of rotatable bonds is 4. The molecule has 1 N–H and O–H groups in total. The first-order valence-electron chi connectivity index (χ1n) is 5.59. The molecule has 2 aromatic rings. The Balaban J connectivity index is 2.21. The zero-order valence-electron chi connectivity index (χ0n) is 9.90. The number of halogens is 1. The lowest BCUT2D eigenvalue weighted by atomic mass is 10.1. The van der Waals surface area contributed by atoms with E-state index >= 15 is 0 Å². The van der Waals surface area contributed by atoms with E-state index in [1.54, 1.807) is 6.20 Å². The van der Waals surface area contributed by atoms with Crippen molar-refractivity contribution < 1.29 is 4.52 Å². The van der Waals surface area contributed by atoms with E-state index in [0.717, 1.165) is 28.5 Å². The molecule has 0 fully saturated rings. The predicted octanol–water partition coefficient (Wildman–Crippen LogP) is 3.49. The van der Waals surface area contributed by atoms with E-state index in [9.17, 15) is 0 Å². The molecule has 1 aromatic carbocycles. The molecule has 0 aliphatic heterocycles. The molecule has 0 atom stereocenters. The highest BCUT2D eigenvalue weighted by atomic mass is 35.5. The van der Waals surface area contributed by atoms with E-state index in [2.05, 4.69) is 24.3 Å². The van der Waals surface area contributed by atoms with Gasteiger partial charge in [-0.3, -0.25) is 0 Å². The van der Waals surface area contributed by atoms with Crippen molar-refractivity contribution in [2.45, 2.75) is 26.4 Å². The van der Waals surface area contributed by atoms with Crippen molar-refractivity contribution in [2.24, 2.45) is 0 Å². The van der Waals surface area contributed by atoms with Gasteiger partial charge in [-0.2, -0.15) is 0 Å². The van der Waals surface area contributed by atoms with Gasteiger partial charge in [0.05, 0.1) is 6.20 Å². The summed E-state index contributed by atoms with van der Waals surface area (Å²) in [6, 6.07) is 7.99. The maximum atomic E-state index is 5.86. The minimum Gasteiger partial charge on any atom is -0.356 e. The van der Waals surface area contributed by atoms with Gasteiger partial charge in [-0.1, -0.05) is 30.6 Å². The van der Waals surface area contributed by atoms with Crippen LogP contribution in [-0.2, 0) is 6.54 Å². The summed E-state index contributed by atoms with van der Waals surface area (Å²) < 4.78 is 5.29. The van der Waals surface area contributed by atoms with Crippen molar-refractivity contribution in [1.82, 2.24) is 10.5 Å². The molecule has 0 unspecified atom stereocenters. The molecule has 0 aliphatic rings. The summed E-state index contributed by atoms with van der Waals surface area (Å²) in [7, 11) is 0. The Kier molecular flexibility index (Phi) is 3.82. The van der Waals surface area contributed by atoms with Gasteiger partial charge >= 0.3 is 0 Å². The normalized spacial score (nSPS) is 11.1. The third-order valence-corrected chi connectivity index (χ3v) is 2.70. The highest BCUT2D eigenvalue weighted by molar-refractivity contribution is 6.30. The van der Waals surface area contributed by atoms with E-state index in [4.69, 9.17) is 16.1 Å². The second-order valence-corrected chi connectivity index (χ2v) is 4.66. The van der Waals surface area contributed by atoms with Crippen LogP contribution in [0.3, 0.4) is 0 Å². The molecule has 3 nitrogen and oxygen atoms in total. The first-order chi connectivity index (χ1) is 8.16. The van der Waals surface area contributed by atoms with Crippen molar-refractivity contribution in [3.63, 3.8) is 0 Å². The maximum Gasteiger partial charge on any atom is 0.171 e. The fraction of sp³-hybridized carbons (Fsp3) is 0.308. The van der Waals surface area contributed by atoms with Crippen LogP contribution in [0, 0.1) is 0 Å². The van der Waals surface area contributed by atoms with Gasteiger partial charge in [0.25, 0.3) is 0 Å². The Labute approximate surface area is 106 Å². The molecular formula is C13H15ClN2O. The molecule has 90 valence electrons. The summed E-state index contributed by atoms with van der Waals surface area (Å²) in [6.45, 7) is 4.96. The first kappa shape index (κ1) is 12.1. The third kappa shape index (κ3) is 3.08. The third-order valence-electron chi connectivity index (χ3n) is 2.45. The Morgan fingerprint density at radius 3 is 2.65 bits per heavy atom. The van der Waals surface area contributed by atoms with E-state index in [-0.39, 0.29) is 0 Å². The van der Waals surface area contributed by atoms with Crippen molar-refractivity contribution in [2.75, 3.05) is 0 Å². The van der Waals surface area contributed by atoms with Gasteiger partial charge in [0, 0.05) is 28.7 Å². The van der Waals surface area contributed by atoms with Crippen molar-refractivity contribution in [1.29, 1.82) is 0 Å². The largest absolute Gasteiger partial charge is 0.356 e. The SMILES string of the molecule is CC(C)NCc1cnoc1-c1ccc(Cl)cc1. The van der Waals surface area contributed by atoms with Crippen LogP contribution in [0.5, 0.6) is 0 Å². The van der Waals surface area contributed by atoms with Crippen LogP contribution in [0.25, 0.3) is 11.3 Å². The summed E-state index contributed by atoms with van der Waals surface area (Å²) in [5.41, 5.74) is 2.05. The fourth-order valence-electron chi connectivity index (χ4n) is 1.54. The van der Waals surface area contributed by atoms with Crippen LogP contribution < -0.4 is 5.32 Å². The number of nitrogens with zero attached hydrogens (tertiary/aromatic N) is 1. The lowest BCUT2D eigenvalue weighted by Crippen LogP contribution is -2.21. The zero-order valence-corrected chi connectivity index (χ0v) is 10.7. The monoisotopic (exact) mass is 250 g/mol. The van der Waals surface area contributed by atoms with Crippen LogP contribution in [0.4, 0.5) is 0 Å². The van der Waals surface area contributed by atoms with Gasteiger partial charge in [0.1, 0.15) is 0 Å². The Morgan fingerprint density at radius 1 is 1.29 bits per heavy atom. The molecule has 0 spiro atoms. The number of hydrogen-bond donors (Lipinski definition) is 1. The summed E-state index contributed by atoms with van der Waals surface area (Å²) in [5.74, 6) is 0.801. The van der Waals surface area contributed by atoms with Crippen molar-refractivity contribution >= 4 is 11.6 Å². The Morgan fingerprint density at radius 2 is 2.00 bits per heavy atom. The van der Waals surface area contributed by atoms with E-state index in [1.807, 2.05) is 24.3 Å². The Bertz CT molecular complexity index is 476. The highest BCUT2D eigenvalue weighted by Crippen LogP contribution is 2.24. The molecule has 4 heteroatoms. The summed E-state index contributed by atoms with van der Waals surface area (Å²) >= 11 is 5.86. The lowest BCUT2D eigenvalue weighted by molar-refractivity contribution is 0.431. The van der Waals surface area contributed by atoms with Crippen LogP contribution in [0.15, 0.2) is 35.0 Å². The molecule has 0 saturated carbocycles. The first-order valence-corrected chi connectivity index (χ1v) is 5.97. The zero-order chi connectivity index (χ0) is 12.3. The van der Waals surface area contributed by atoms with Gasteiger partial charge in [-0.05, 0) is 24.3 Å². The van der Waals surface area contributed by atoms with Gasteiger partial charge in [0.15, 0.2) is 5.76 Å². The molecule has 2 rings (SSSR count). The highest BCUT2D eigenvalue weighted by Gasteiger charge is 2.10. The lowest BCUT2D eigenvalue weighted by Gasteiger charge is -2.07. The molecule has 0 radical (unpaired) electrons. The number of aromatic nitrogens is 1. The van der Waals surface area contributed by atoms with Gasteiger partial charge < -0.3 is 9.84 Å². The van der Waals surface area contributed by atoms with Crippen LogP contribution in [0.1, 0.15) is 19.4 Å². The molecule has 0 bridgehead atoms. The summed E-state index contributed by atoms with van der Waals surface area (Å²) in [4.78, 5) is 0. The standard InChI is InChI=1S/C13H15ClN2O/c1-9(2)15-7-11-8-16-17-13(11)10-3-5-12(14)6-4-10/h3-6,8-9,15H,7H2,1-2H3. The summed E-state index contributed by atoms with van der Waals surface area (Å²) in [5, 5.41) is 7.91. The van der Waals surface area contributed by atoms with Gasteiger partial charge in [-0.25, -0.2) is 0 Å². The Hall–Kier alpha value is -1.32. The number of benzene rings is 1. The topological polar surface area (TPSA) is 38.1 Å². The molecule has 17 heavy (non-hydrogen) atoms. The second-order valence-electron chi connectivity index (χ2n) is 4.22. The minimum atomic E-state index is 0.433.